The van der Waals surface area contributed by atoms with E-state index in [2.05, 4.69) is 4.98 Å². The number of aryl methyl sites for hydroxylation is 1. The van der Waals surface area contributed by atoms with Crippen molar-refractivity contribution in [3.05, 3.63) is 69.4 Å². The number of thiazole rings is 1. The first kappa shape index (κ1) is 20.3. The molecular formula is C20H21FN2O3S2. The van der Waals surface area contributed by atoms with Gasteiger partial charge in [0.15, 0.2) is 0 Å². The summed E-state index contributed by atoms with van der Waals surface area (Å²) in [5.41, 5.74) is 2.38. The summed E-state index contributed by atoms with van der Waals surface area (Å²) < 4.78 is 47.1. The van der Waals surface area contributed by atoms with Crippen LogP contribution in [0.25, 0.3) is 0 Å². The van der Waals surface area contributed by atoms with Crippen molar-refractivity contribution in [1.82, 2.24) is 4.98 Å². The van der Waals surface area contributed by atoms with E-state index in [1.165, 1.54) is 39.9 Å². The number of halogens is 1. The van der Waals surface area contributed by atoms with E-state index in [0.717, 1.165) is 10.6 Å². The normalized spacial score (nSPS) is 11.5. The molecule has 0 N–H and O–H groups in total. The number of hydrogen-bond donors (Lipinski definition) is 0. The number of nitrogens with zero attached hydrogens (tertiary/aromatic N) is 2. The van der Waals surface area contributed by atoms with Crippen LogP contribution in [0.2, 0.25) is 0 Å². The van der Waals surface area contributed by atoms with Crippen LogP contribution >= 0.6 is 11.3 Å². The molecule has 0 aliphatic rings. The van der Waals surface area contributed by atoms with Crippen molar-refractivity contribution in [2.75, 3.05) is 11.4 Å². The van der Waals surface area contributed by atoms with E-state index in [0.29, 0.717) is 22.7 Å². The van der Waals surface area contributed by atoms with Gasteiger partial charge in [-0.05, 0) is 68.3 Å². The fraction of sp³-hybridized carbons (Fsp3) is 0.250. The first-order chi connectivity index (χ1) is 13.2. The quantitative estimate of drug-likeness (QED) is 0.584. The molecule has 5 nitrogen and oxygen atoms in total. The summed E-state index contributed by atoms with van der Waals surface area (Å²) in [6.45, 7) is 5.49. The van der Waals surface area contributed by atoms with Gasteiger partial charge in [-0.2, -0.15) is 0 Å². The van der Waals surface area contributed by atoms with Gasteiger partial charge in [0.25, 0.3) is 10.0 Å². The molecule has 0 fully saturated rings. The Kier molecular flexibility index (Phi) is 5.71. The van der Waals surface area contributed by atoms with Crippen LogP contribution in [-0.4, -0.2) is 20.5 Å². The predicted molar refractivity (Wildman–Crippen MR) is 109 cm³/mol. The summed E-state index contributed by atoms with van der Waals surface area (Å²) in [4.78, 5) is 4.57. The van der Waals surface area contributed by atoms with E-state index in [1.54, 1.807) is 26.2 Å². The zero-order valence-corrected chi connectivity index (χ0v) is 17.7. The Hall–Kier alpha value is -2.45. The maximum Gasteiger partial charge on any atom is 0.264 e. The van der Waals surface area contributed by atoms with E-state index in [-0.39, 0.29) is 11.4 Å². The van der Waals surface area contributed by atoms with Gasteiger partial charge in [-0.25, -0.2) is 17.8 Å². The summed E-state index contributed by atoms with van der Waals surface area (Å²) in [5.74, 6) is 0.196. The topological polar surface area (TPSA) is 59.5 Å². The van der Waals surface area contributed by atoms with Crippen LogP contribution in [0.1, 0.15) is 21.8 Å². The molecule has 0 unspecified atom stereocenters. The molecule has 0 saturated heterocycles. The van der Waals surface area contributed by atoms with Gasteiger partial charge in [-0.3, -0.25) is 4.31 Å². The molecule has 2 aromatic carbocycles. The van der Waals surface area contributed by atoms with E-state index in [4.69, 9.17) is 4.74 Å². The number of benzene rings is 2. The maximum absolute atomic E-state index is 13.6. The van der Waals surface area contributed by atoms with Crippen LogP contribution in [0.15, 0.2) is 46.7 Å². The minimum absolute atomic E-state index is 0.0584. The number of sulfonamides is 1. The number of hydrogen-bond acceptors (Lipinski definition) is 5. The van der Waals surface area contributed by atoms with Crippen molar-refractivity contribution in [2.24, 2.45) is 0 Å². The molecule has 0 atom stereocenters. The highest BCUT2D eigenvalue weighted by Crippen LogP contribution is 2.32. The smallest absolute Gasteiger partial charge is 0.264 e. The van der Waals surface area contributed by atoms with Gasteiger partial charge in [0.05, 0.1) is 34.9 Å². The Morgan fingerprint density at radius 1 is 1.07 bits per heavy atom. The van der Waals surface area contributed by atoms with Gasteiger partial charge in [-0.1, -0.05) is 0 Å². The van der Waals surface area contributed by atoms with Crippen molar-refractivity contribution in [3.8, 4) is 5.75 Å². The Bertz CT molecular complexity index is 1090. The molecule has 8 heteroatoms. The van der Waals surface area contributed by atoms with Crippen molar-refractivity contribution >= 4 is 27.0 Å². The number of aromatic nitrogens is 1. The third-order valence-corrected chi connectivity index (χ3v) is 7.30. The predicted octanol–water partition coefficient (Wildman–Crippen LogP) is 4.61. The van der Waals surface area contributed by atoms with Gasteiger partial charge in [0.2, 0.25) is 0 Å². The fourth-order valence-electron chi connectivity index (χ4n) is 2.94. The molecule has 0 aliphatic heterocycles. The van der Waals surface area contributed by atoms with Gasteiger partial charge < -0.3 is 4.74 Å². The van der Waals surface area contributed by atoms with Crippen molar-refractivity contribution in [1.29, 1.82) is 0 Å². The summed E-state index contributed by atoms with van der Waals surface area (Å²) in [7, 11) is -2.37. The summed E-state index contributed by atoms with van der Waals surface area (Å²) in [6.07, 6.45) is 0. The largest absolute Gasteiger partial charge is 0.496 e. The minimum Gasteiger partial charge on any atom is -0.496 e. The molecule has 0 bridgehead atoms. The zero-order chi connectivity index (χ0) is 20.5. The molecule has 0 aliphatic carbocycles. The highest BCUT2D eigenvalue weighted by atomic mass is 32.2. The van der Waals surface area contributed by atoms with Crippen molar-refractivity contribution < 1.29 is 17.5 Å². The highest BCUT2D eigenvalue weighted by Gasteiger charge is 2.28. The molecule has 28 heavy (non-hydrogen) atoms. The molecule has 3 rings (SSSR count). The van der Waals surface area contributed by atoms with Crippen molar-refractivity contribution in [2.45, 2.75) is 32.2 Å². The Morgan fingerprint density at radius 3 is 2.32 bits per heavy atom. The molecule has 3 aromatic rings. The lowest BCUT2D eigenvalue weighted by Crippen LogP contribution is -2.31. The number of ether oxygens (including phenoxy) is 1. The molecular weight excluding hydrogens is 399 g/mol. The first-order valence-corrected chi connectivity index (χ1v) is 10.9. The lowest BCUT2D eigenvalue weighted by molar-refractivity contribution is 0.410. The first-order valence-electron chi connectivity index (χ1n) is 8.57. The van der Waals surface area contributed by atoms with Crippen LogP contribution in [0.5, 0.6) is 5.75 Å². The zero-order valence-electron chi connectivity index (χ0n) is 16.1. The third kappa shape index (κ3) is 3.88. The minimum atomic E-state index is -3.91. The number of rotatable bonds is 6. The van der Waals surface area contributed by atoms with Crippen LogP contribution < -0.4 is 9.04 Å². The van der Waals surface area contributed by atoms with Crippen LogP contribution in [-0.2, 0) is 16.6 Å². The van der Waals surface area contributed by atoms with E-state index < -0.39 is 15.8 Å². The Balaban J connectivity index is 2.13. The van der Waals surface area contributed by atoms with Gasteiger partial charge >= 0.3 is 0 Å². The summed E-state index contributed by atoms with van der Waals surface area (Å²) >= 11 is 1.45. The standard InChI is InChI=1S/C20H21FN2O3S2/c1-13-14(2)20(10-9-19(13)26-4)28(24,25)23(11-17-12-27-15(3)22-17)18-7-5-16(21)6-8-18/h5-10,12H,11H2,1-4H3. The Morgan fingerprint density at radius 2 is 1.75 bits per heavy atom. The average molecular weight is 421 g/mol. The number of anilines is 1. The maximum atomic E-state index is 13.6. The molecule has 148 valence electrons. The van der Waals surface area contributed by atoms with E-state index in [1.807, 2.05) is 19.2 Å². The lowest BCUT2D eigenvalue weighted by atomic mass is 10.1. The second-order valence-corrected chi connectivity index (χ2v) is 9.25. The van der Waals surface area contributed by atoms with Crippen molar-refractivity contribution in [3.63, 3.8) is 0 Å². The molecule has 1 aromatic heterocycles. The lowest BCUT2D eigenvalue weighted by Gasteiger charge is -2.25. The Labute approximate surface area is 168 Å². The molecule has 0 radical (unpaired) electrons. The molecule has 0 spiro atoms. The monoisotopic (exact) mass is 420 g/mol. The second kappa shape index (κ2) is 7.89. The molecule has 0 saturated carbocycles. The fourth-order valence-corrected chi connectivity index (χ4v) is 5.26. The SMILES string of the molecule is COc1ccc(S(=O)(=O)N(Cc2csc(C)n2)c2ccc(F)cc2)c(C)c1C. The van der Waals surface area contributed by atoms with Crippen LogP contribution in [0.4, 0.5) is 10.1 Å². The third-order valence-electron chi connectivity index (χ3n) is 4.56. The van der Waals surface area contributed by atoms with Gasteiger partial charge in [0, 0.05) is 5.38 Å². The van der Waals surface area contributed by atoms with E-state index in [9.17, 15) is 12.8 Å². The van der Waals surface area contributed by atoms with Crippen LogP contribution in [0.3, 0.4) is 0 Å². The highest BCUT2D eigenvalue weighted by molar-refractivity contribution is 7.92. The average Bonchev–Trinajstić information content (AvgIpc) is 3.07. The van der Waals surface area contributed by atoms with Gasteiger partial charge in [0.1, 0.15) is 11.6 Å². The summed E-state index contributed by atoms with van der Waals surface area (Å²) in [6, 6.07) is 8.59. The van der Waals surface area contributed by atoms with Crippen LogP contribution in [0, 0.1) is 26.6 Å². The number of methoxy groups -OCH3 is 1. The summed E-state index contributed by atoms with van der Waals surface area (Å²) in [5, 5.41) is 2.68. The second-order valence-electron chi connectivity index (χ2n) is 6.36. The van der Waals surface area contributed by atoms with Gasteiger partial charge in [-0.15, -0.1) is 11.3 Å². The molecule has 0 amide bonds. The molecule has 1 heterocycles. The van der Waals surface area contributed by atoms with E-state index >= 15 is 0 Å².